The molecule has 2 heterocycles. The summed E-state index contributed by atoms with van der Waals surface area (Å²) < 4.78 is 7.19. The highest BCUT2D eigenvalue weighted by Gasteiger charge is 2.05. The molecule has 0 aliphatic carbocycles. The third-order valence-corrected chi connectivity index (χ3v) is 2.82. The average molecular weight is 292 g/mol. The van der Waals surface area contributed by atoms with Crippen molar-refractivity contribution in [2.75, 3.05) is 23.9 Å². The van der Waals surface area contributed by atoms with Gasteiger partial charge >= 0.3 is 0 Å². The van der Waals surface area contributed by atoms with E-state index < -0.39 is 0 Å². The standard InChI is InChI=1S/C12H20N8O/c1-3-21-7-11-16-9(6-10(17-11)18-13)14-5-4-12-19-15-8-20(12)2/h6,8H,3-5,7,13H2,1-2H3,(H2,14,16,17,18). The van der Waals surface area contributed by atoms with Crippen molar-refractivity contribution in [1.82, 2.24) is 24.7 Å². The van der Waals surface area contributed by atoms with Crippen molar-refractivity contribution in [3.8, 4) is 0 Å². The summed E-state index contributed by atoms with van der Waals surface area (Å²) in [6.07, 6.45) is 2.42. The van der Waals surface area contributed by atoms with Crippen LogP contribution >= 0.6 is 0 Å². The number of rotatable bonds is 8. The largest absolute Gasteiger partial charge is 0.374 e. The highest BCUT2D eigenvalue weighted by molar-refractivity contribution is 5.46. The number of aryl methyl sites for hydroxylation is 1. The summed E-state index contributed by atoms with van der Waals surface area (Å²) in [5, 5.41) is 11.1. The van der Waals surface area contributed by atoms with E-state index in [1.165, 1.54) is 0 Å². The van der Waals surface area contributed by atoms with E-state index >= 15 is 0 Å². The minimum absolute atomic E-state index is 0.351. The van der Waals surface area contributed by atoms with Crippen LogP contribution in [0.3, 0.4) is 0 Å². The van der Waals surface area contributed by atoms with Crippen molar-refractivity contribution in [2.45, 2.75) is 20.0 Å². The lowest BCUT2D eigenvalue weighted by atomic mass is 10.4. The lowest BCUT2D eigenvalue weighted by molar-refractivity contribution is 0.128. The van der Waals surface area contributed by atoms with Crippen molar-refractivity contribution in [1.29, 1.82) is 0 Å². The van der Waals surface area contributed by atoms with Gasteiger partial charge < -0.3 is 20.0 Å². The highest BCUT2D eigenvalue weighted by Crippen LogP contribution is 2.11. The van der Waals surface area contributed by atoms with Crippen molar-refractivity contribution in [3.63, 3.8) is 0 Å². The van der Waals surface area contributed by atoms with Crippen LogP contribution in [0.15, 0.2) is 12.4 Å². The molecule has 9 heteroatoms. The van der Waals surface area contributed by atoms with Crippen LogP contribution < -0.4 is 16.6 Å². The van der Waals surface area contributed by atoms with E-state index in [0.29, 0.717) is 37.2 Å². The predicted octanol–water partition coefficient (Wildman–Crippen LogP) is 0.0818. The number of aromatic nitrogens is 5. The minimum Gasteiger partial charge on any atom is -0.374 e. The minimum atomic E-state index is 0.351. The quantitative estimate of drug-likeness (QED) is 0.463. The predicted molar refractivity (Wildman–Crippen MR) is 78.4 cm³/mol. The molecule has 0 radical (unpaired) electrons. The van der Waals surface area contributed by atoms with Crippen LogP contribution in [0.5, 0.6) is 0 Å². The Bertz CT molecular complexity index is 570. The number of hydrogen-bond acceptors (Lipinski definition) is 8. The van der Waals surface area contributed by atoms with Crippen LogP contribution in [0.4, 0.5) is 11.6 Å². The molecule has 114 valence electrons. The molecule has 0 spiro atoms. The molecule has 9 nitrogen and oxygen atoms in total. The lowest BCUT2D eigenvalue weighted by Crippen LogP contribution is -2.14. The number of nitrogens with two attached hydrogens (primary N) is 1. The van der Waals surface area contributed by atoms with Gasteiger partial charge in [-0.3, -0.25) is 0 Å². The summed E-state index contributed by atoms with van der Waals surface area (Å²) in [7, 11) is 1.91. The Hall–Kier alpha value is -2.26. The Morgan fingerprint density at radius 2 is 2.14 bits per heavy atom. The SMILES string of the molecule is CCOCc1nc(NN)cc(NCCc2nncn2C)n1. The maximum Gasteiger partial charge on any atom is 0.158 e. The second-order valence-electron chi connectivity index (χ2n) is 4.37. The monoisotopic (exact) mass is 292 g/mol. The van der Waals surface area contributed by atoms with Gasteiger partial charge in [0, 0.05) is 32.7 Å². The number of anilines is 2. The summed E-state index contributed by atoms with van der Waals surface area (Å²) in [4.78, 5) is 8.60. The summed E-state index contributed by atoms with van der Waals surface area (Å²) >= 11 is 0. The van der Waals surface area contributed by atoms with E-state index in [-0.39, 0.29) is 0 Å². The fourth-order valence-corrected chi connectivity index (χ4v) is 1.76. The summed E-state index contributed by atoms with van der Waals surface area (Å²) in [6, 6.07) is 1.74. The van der Waals surface area contributed by atoms with Crippen LogP contribution in [-0.2, 0) is 24.8 Å². The molecule has 2 aromatic heterocycles. The number of ether oxygens (including phenoxy) is 1. The number of hydrogen-bond donors (Lipinski definition) is 3. The Labute approximate surface area is 122 Å². The topological polar surface area (TPSA) is 116 Å². The van der Waals surface area contributed by atoms with Crippen LogP contribution in [0.1, 0.15) is 18.6 Å². The van der Waals surface area contributed by atoms with Crippen molar-refractivity contribution < 1.29 is 4.74 Å². The fourth-order valence-electron chi connectivity index (χ4n) is 1.76. The van der Waals surface area contributed by atoms with Crippen LogP contribution in [0, 0.1) is 0 Å². The van der Waals surface area contributed by atoms with E-state index in [1.807, 2.05) is 18.5 Å². The van der Waals surface area contributed by atoms with Gasteiger partial charge in [-0.25, -0.2) is 15.8 Å². The smallest absolute Gasteiger partial charge is 0.158 e. The van der Waals surface area contributed by atoms with Gasteiger partial charge in [0.15, 0.2) is 5.82 Å². The number of nitrogen functional groups attached to an aromatic ring is 1. The molecule has 0 aromatic carbocycles. The molecule has 0 saturated heterocycles. The van der Waals surface area contributed by atoms with Gasteiger partial charge in [0.05, 0.1) is 0 Å². The zero-order valence-corrected chi connectivity index (χ0v) is 12.2. The number of nitrogens with one attached hydrogen (secondary N) is 2. The molecule has 0 atom stereocenters. The highest BCUT2D eigenvalue weighted by atomic mass is 16.5. The first kappa shape index (κ1) is 15.1. The van der Waals surface area contributed by atoms with E-state index in [9.17, 15) is 0 Å². The molecule has 0 aliphatic rings. The molecule has 0 saturated carbocycles. The molecule has 2 rings (SSSR count). The Morgan fingerprint density at radius 1 is 1.33 bits per heavy atom. The van der Waals surface area contributed by atoms with Gasteiger partial charge in [-0.05, 0) is 6.92 Å². The van der Waals surface area contributed by atoms with Gasteiger partial charge in [0.25, 0.3) is 0 Å². The van der Waals surface area contributed by atoms with E-state index in [2.05, 4.69) is 30.9 Å². The molecule has 0 aliphatic heterocycles. The molecule has 0 fully saturated rings. The molecular weight excluding hydrogens is 272 g/mol. The van der Waals surface area contributed by atoms with Gasteiger partial charge in [0.1, 0.15) is 30.4 Å². The van der Waals surface area contributed by atoms with E-state index in [0.717, 1.165) is 12.2 Å². The number of nitrogens with zero attached hydrogens (tertiary/aromatic N) is 5. The van der Waals surface area contributed by atoms with Gasteiger partial charge in [-0.2, -0.15) is 0 Å². The molecular formula is C12H20N8O. The Kier molecular flexibility index (Phi) is 5.41. The normalized spacial score (nSPS) is 10.6. The van der Waals surface area contributed by atoms with Crippen LogP contribution in [-0.4, -0.2) is 37.9 Å². The second-order valence-corrected chi connectivity index (χ2v) is 4.37. The Morgan fingerprint density at radius 3 is 2.81 bits per heavy atom. The van der Waals surface area contributed by atoms with Crippen molar-refractivity contribution >= 4 is 11.6 Å². The van der Waals surface area contributed by atoms with E-state index in [4.69, 9.17) is 10.6 Å². The lowest BCUT2D eigenvalue weighted by Gasteiger charge is -2.09. The van der Waals surface area contributed by atoms with Gasteiger partial charge in [-0.1, -0.05) is 0 Å². The molecule has 21 heavy (non-hydrogen) atoms. The second kappa shape index (κ2) is 7.50. The summed E-state index contributed by atoms with van der Waals surface area (Å²) in [5.74, 6) is 8.13. The van der Waals surface area contributed by atoms with Crippen LogP contribution in [0.25, 0.3) is 0 Å². The molecule has 0 unspecified atom stereocenters. The van der Waals surface area contributed by atoms with Crippen LogP contribution in [0.2, 0.25) is 0 Å². The van der Waals surface area contributed by atoms with Gasteiger partial charge in [-0.15, -0.1) is 10.2 Å². The fraction of sp³-hybridized carbons (Fsp3) is 0.500. The number of hydrazine groups is 1. The maximum atomic E-state index is 5.41. The molecule has 0 bridgehead atoms. The first-order valence-corrected chi connectivity index (χ1v) is 6.72. The molecule has 4 N–H and O–H groups in total. The summed E-state index contributed by atoms with van der Waals surface area (Å²) in [5.41, 5.74) is 2.52. The molecule has 0 amide bonds. The van der Waals surface area contributed by atoms with Crippen molar-refractivity contribution in [2.24, 2.45) is 12.9 Å². The zero-order valence-electron chi connectivity index (χ0n) is 12.2. The third-order valence-electron chi connectivity index (χ3n) is 2.82. The van der Waals surface area contributed by atoms with E-state index in [1.54, 1.807) is 12.4 Å². The first-order chi connectivity index (χ1) is 10.2. The maximum absolute atomic E-state index is 5.41. The molecule has 2 aromatic rings. The third kappa shape index (κ3) is 4.36. The Balaban J connectivity index is 1.96. The van der Waals surface area contributed by atoms with Crippen molar-refractivity contribution in [3.05, 3.63) is 24.0 Å². The summed E-state index contributed by atoms with van der Waals surface area (Å²) in [6.45, 7) is 3.56. The zero-order chi connectivity index (χ0) is 15.1. The first-order valence-electron chi connectivity index (χ1n) is 6.72. The average Bonchev–Trinajstić information content (AvgIpc) is 2.90. The van der Waals surface area contributed by atoms with Gasteiger partial charge in [0.2, 0.25) is 0 Å².